The minimum Gasteiger partial charge on any atom is -0.352 e. The van der Waals surface area contributed by atoms with Gasteiger partial charge in [0.15, 0.2) is 5.49 Å². The summed E-state index contributed by atoms with van der Waals surface area (Å²) < 4.78 is 65.3. The molecule has 3 aliphatic rings. The van der Waals surface area contributed by atoms with Gasteiger partial charge in [0.05, 0.1) is 25.3 Å². The first-order chi connectivity index (χ1) is 19.1. The number of guanidine groups is 1. The monoisotopic (exact) mass is 598 g/mol. The first kappa shape index (κ1) is 30.9. The first-order valence-corrected chi connectivity index (χ1v) is 15.3. The van der Waals surface area contributed by atoms with Gasteiger partial charge < -0.3 is 10.2 Å². The van der Waals surface area contributed by atoms with Gasteiger partial charge in [-0.15, -0.1) is 0 Å². The van der Waals surface area contributed by atoms with Gasteiger partial charge in [0.1, 0.15) is 16.9 Å². The van der Waals surface area contributed by atoms with E-state index in [4.69, 9.17) is 0 Å². The fraction of sp³-hybridized carbons (Fsp3) is 0.654. The Morgan fingerprint density at radius 2 is 1.80 bits per heavy atom. The van der Waals surface area contributed by atoms with Crippen LogP contribution in [0.4, 0.5) is 13.2 Å². The van der Waals surface area contributed by atoms with Crippen molar-refractivity contribution in [2.45, 2.75) is 83.7 Å². The summed E-state index contributed by atoms with van der Waals surface area (Å²) in [5.74, 6) is -0.712. The van der Waals surface area contributed by atoms with E-state index in [-0.39, 0.29) is 41.9 Å². The molecule has 1 aliphatic carbocycles. The number of nitrogens with one attached hydrogen (secondary N) is 2. The lowest BCUT2D eigenvalue weighted by Gasteiger charge is -2.33. The summed E-state index contributed by atoms with van der Waals surface area (Å²) in [7, 11) is -0.0564. The highest BCUT2D eigenvalue weighted by Gasteiger charge is 2.30. The molecular weight excluding hydrogens is 561 g/mol. The van der Waals surface area contributed by atoms with Gasteiger partial charge in [-0.1, -0.05) is 0 Å². The van der Waals surface area contributed by atoms with E-state index in [1.165, 1.54) is 6.08 Å². The van der Waals surface area contributed by atoms with Crippen LogP contribution >= 0.6 is 0 Å². The van der Waals surface area contributed by atoms with Gasteiger partial charge in [0.2, 0.25) is 16.0 Å². The van der Waals surface area contributed by atoms with E-state index in [0.717, 1.165) is 25.7 Å². The third-order valence-electron chi connectivity index (χ3n) is 7.46. The lowest BCUT2D eigenvalue weighted by molar-refractivity contribution is -0.129. The Bertz CT molecular complexity index is 1550. The summed E-state index contributed by atoms with van der Waals surface area (Å²) in [6.45, 7) is 5.59. The zero-order chi connectivity index (χ0) is 30.1. The number of alkyl halides is 3. The molecule has 15 heteroatoms. The van der Waals surface area contributed by atoms with E-state index >= 15 is 0 Å². The molecule has 0 spiro atoms. The Kier molecular flexibility index (Phi) is 9.07. The molecule has 41 heavy (non-hydrogen) atoms. The Labute approximate surface area is 237 Å². The fourth-order valence-electron chi connectivity index (χ4n) is 5.18. The third-order valence-corrected chi connectivity index (χ3v) is 8.72. The molecule has 1 aromatic rings. The Morgan fingerprint density at radius 3 is 2.39 bits per heavy atom. The van der Waals surface area contributed by atoms with Gasteiger partial charge in [-0.25, -0.2) is 18.4 Å². The number of sulfonamides is 1. The number of aromatic nitrogens is 2. The largest absolute Gasteiger partial charge is 0.390 e. The van der Waals surface area contributed by atoms with Crippen LogP contribution in [0.2, 0.25) is 0 Å². The summed E-state index contributed by atoms with van der Waals surface area (Å²) in [5, 5.41) is 3.61. The van der Waals surface area contributed by atoms with Crippen molar-refractivity contribution in [1.82, 2.24) is 24.5 Å². The molecule has 1 aromatic heterocycles. The van der Waals surface area contributed by atoms with Gasteiger partial charge >= 0.3 is 6.18 Å². The summed E-state index contributed by atoms with van der Waals surface area (Å²) in [6.07, 6.45) is -0.497. The van der Waals surface area contributed by atoms with Gasteiger partial charge in [-0.05, 0) is 72.2 Å². The fourth-order valence-corrected chi connectivity index (χ4v) is 6.22. The number of halogens is 3. The highest BCUT2D eigenvalue weighted by atomic mass is 32.2. The maximum Gasteiger partial charge on any atom is 0.390 e. The lowest BCUT2D eigenvalue weighted by Crippen LogP contribution is -2.51. The molecule has 0 aromatic carbocycles. The number of hydrogen-bond donors (Lipinski definition) is 2. The van der Waals surface area contributed by atoms with Gasteiger partial charge in [0, 0.05) is 23.7 Å². The number of aliphatic imine (C=N–C) groups is 2. The summed E-state index contributed by atoms with van der Waals surface area (Å²) >= 11 is 0. The molecule has 0 bridgehead atoms. The van der Waals surface area contributed by atoms with Crippen LogP contribution in [0.25, 0.3) is 5.57 Å². The molecule has 1 fully saturated rings. The number of nitrogens with zero attached hydrogens (tertiary/aromatic N) is 6. The SMILES string of the molecule is CC1=CC(NS(=O)(=O)CCC(F)(F)F)=NCC1=c1nc2c(n(C(C)C)c1=O)=NC(NC1CCC(N(C)C)CC1)=NC2. The van der Waals surface area contributed by atoms with Crippen LogP contribution < -0.4 is 26.4 Å². The van der Waals surface area contributed by atoms with Crippen molar-refractivity contribution >= 4 is 27.4 Å². The quantitative estimate of drug-likeness (QED) is 0.505. The van der Waals surface area contributed by atoms with Crippen LogP contribution in [-0.2, 0) is 16.6 Å². The molecule has 0 unspecified atom stereocenters. The van der Waals surface area contributed by atoms with Crippen molar-refractivity contribution in [2.75, 3.05) is 26.4 Å². The molecule has 0 atom stereocenters. The number of dihydropyridines is 1. The van der Waals surface area contributed by atoms with Crippen LogP contribution in [0.3, 0.4) is 0 Å². The highest BCUT2D eigenvalue weighted by molar-refractivity contribution is 7.90. The minimum atomic E-state index is -4.59. The predicted octanol–water partition coefficient (Wildman–Crippen LogP) is 1.16. The Hall–Kier alpha value is -3.07. The molecule has 3 heterocycles. The van der Waals surface area contributed by atoms with E-state index in [1.54, 1.807) is 11.5 Å². The maximum absolute atomic E-state index is 13.7. The van der Waals surface area contributed by atoms with Crippen molar-refractivity contribution in [3.8, 4) is 0 Å². The zero-order valence-electron chi connectivity index (χ0n) is 23.9. The molecule has 11 nitrogen and oxygen atoms in total. The number of fused-ring (bicyclic) bond motifs is 1. The Balaban J connectivity index is 1.60. The molecule has 0 amide bonds. The second kappa shape index (κ2) is 12.0. The van der Waals surface area contributed by atoms with Gasteiger partial charge in [0.25, 0.3) is 5.56 Å². The molecule has 2 aliphatic heterocycles. The van der Waals surface area contributed by atoms with E-state index in [0.29, 0.717) is 34.3 Å². The van der Waals surface area contributed by atoms with Crippen LogP contribution in [0, 0.1) is 0 Å². The summed E-state index contributed by atoms with van der Waals surface area (Å²) in [6, 6.07) is 0.590. The summed E-state index contributed by atoms with van der Waals surface area (Å²) in [5.41, 5.74) is 1.66. The predicted molar refractivity (Wildman–Crippen MR) is 151 cm³/mol. The van der Waals surface area contributed by atoms with E-state index in [2.05, 4.69) is 49.0 Å². The van der Waals surface area contributed by atoms with Crippen LogP contribution in [0.15, 0.2) is 31.4 Å². The zero-order valence-corrected chi connectivity index (χ0v) is 24.7. The second-order valence-electron chi connectivity index (χ2n) is 11.2. The van der Waals surface area contributed by atoms with E-state index < -0.39 is 28.4 Å². The topological polar surface area (TPSA) is 133 Å². The second-order valence-corrected chi connectivity index (χ2v) is 13.0. The molecule has 226 valence electrons. The van der Waals surface area contributed by atoms with Crippen LogP contribution in [0.5, 0.6) is 0 Å². The third kappa shape index (κ3) is 7.61. The normalized spacial score (nSPS) is 22.9. The Morgan fingerprint density at radius 1 is 1.12 bits per heavy atom. The van der Waals surface area contributed by atoms with Crippen molar-refractivity contribution in [2.24, 2.45) is 15.0 Å². The molecule has 1 saturated carbocycles. The van der Waals surface area contributed by atoms with Crippen molar-refractivity contribution < 1.29 is 21.6 Å². The van der Waals surface area contributed by atoms with Gasteiger partial charge in [-0.3, -0.25) is 19.1 Å². The average Bonchev–Trinajstić information content (AvgIpc) is 2.87. The molecule has 0 saturated heterocycles. The van der Waals surface area contributed by atoms with Crippen LogP contribution in [0.1, 0.15) is 64.6 Å². The van der Waals surface area contributed by atoms with Gasteiger partial charge in [-0.2, -0.15) is 18.2 Å². The number of hydrogen-bond acceptors (Lipinski definition) is 9. The van der Waals surface area contributed by atoms with Crippen molar-refractivity contribution in [1.29, 1.82) is 0 Å². The molecule has 0 radical (unpaired) electrons. The summed E-state index contributed by atoms with van der Waals surface area (Å²) in [4.78, 5) is 34.0. The standard InChI is InChI=1S/C26H37F3N8O3S/c1-15(2)37-23-20(14-31-25(34-23)32-17-6-8-18(9-7-17)36(4)5)33-22(24(37)38)19-13-30-21(12-16(19)3)35-41(39,40)11-10-26(27,28)29/h12,15,17-18H,6-11,13-14H2,1-5H3,(H,30,35)(H,31,32). The number of rotatable bonds is 6. The van der Waals surface area contributed by atoms with E-state index in [9.17, 15) is 26.4 Å². The van der Waals surface area contributed by atoms with Crippen molar-refractivity contribution in [3.63, 3.8) is 0 Å². The smallest absolute Gasteiger partial charge is 0.352 e. The van der Waals surface area contributed by atoms with Crippen LogP contribution in [-0.4, -0.2) is 79.3 Å². The molecule has 2 N–H and O–H groups in total. The lowest BCUT2D eigenvalue weighted by atomic mass is 9.90. The number of amidine groups is 1. The minimum absolute atomic E-state index is 0.0680. The molecule has 4 rings (SSSR count). The first-order valence-electron chi connectivity index (χ1n) is 13.6. The van der Waals surface area contributed by atoms with Crippen molar-refractivity contribution in [3.05, 3.63) is 38.5 Å². The average molecular weight is 599 g/mol. The highest BCUT2D eigenvalue weighted by Crippen LogP contribution is 2.22. The molecular formula is C26H37F3N8O3S. The maximum atomic E-state index is 13.7. The van der Waals surface area contributed by atoms with E-state index in [1.807, 2.05) is 13.8 Å².